The molecule has 12 heteroatoms. The molecule has 2 aromatic carbocycles. The number of H-pyrrole nitrogens is 2. The smallest absolute Gasteiger partial charge is 0.305 e. The molecule has 0 aliphatic heterocycles. The SMILES string of the molecule is Nc1cc2c(Cl)[nH]nc2cc1F.O=[N+]([O-])c1cc2c(Cl)[nH]nc2cc1F. The Morgan fingerprint density at radius 3 is 2.00 bits per heavy atom. The minimum Gasteiger partial charge on any atom is -0.396 e. The molecule has 2 heterocycles. The van der Waals surface area contributed by atoms with E-state index >= 15 is 0 Å². The van der Waals surface area contributed by atoms with Crippen molar-refractivity contribution < 1.29 is 13.7 Å². The highest BCUT2D eigenvalue weighted by molar-refractivity contribution is 6.34. The van der Waals surface area contributed by atoms with Gasteiger partial charge in [-0.05, 0) is 6.07 Å². The second-order valence-corrected chi connectivity index (χ2v) is 5.80. The number of nitrogens with two attached hydrogens (primary N) is 1. The van der Waals surface area contributed by atoms with Gasteiger partial charge in [0.15, 0.2) is 0 Å². The molecule has 0 aliphatic rings. The van der Waals surface area contributed by atoms with Crippen LogP contribution in [0.15, 0.2) is 24.3 Å². The van der Waals surface area contributed by atoms with Crippen LogP contribution in [-0.4, -0.2) is 25.3 Å². The summed E-state index contributed by atoms with van der Waals surface area (Å²) in [7, 11) is 0. The molecule has 4 rings (SSSR count). The van der Waals surface area contributed by atoms with Crippen molar-refractivity contribution in [3.05, 3.63) is 56.3 Å². The van der Waals surface area contributed by atoms with Gasteiger partial charge in [0.2, 0.25) is 5.82 Å². The molecular formula is C14H8Cl2F2N6O2. The van der Waals surface area contributed by atoms with Crippen LogP contribution in [0, 0.1) is 21.7 Å². The van der Waals surface area contributed by atoms with Gasteiger partial charge in [0.1, 0.15) is 16.1 Å². The summed E-state index contributed by atoms with van der Waals surface area (Å²) in [5, 5.41) is 24.2. The normalized spacial score (nSPS) is 10.8. The number of anilines is 1. The number of hydrogen-bond donors (Lipinski definition) is 3. The summed E-state index contributed by atoms with van der Waals surface area (Å²) in [5.41, 5.74) is 5.54. The number of nitro benzene ring substituents is 1. The number of halogens is 4. The van der Waals surface area contributed by atoms with Crippen molar-refractivity contribution in [3.8, 4) is 0 Å². The Morgan fingerprint density at radius 1 is 0.962 bits per heavy atom. The summed E-state index contributed by atoms with van der Waals surface area (Å²) >= 11 is 11.3. The van der Waals surface area contributed by atoms with Crippen LogP contribution in [0.25, 0.3) is 21.8 Å². The lowest BCUT2D eigenvalue weighted by molar-refractivity contribution is -0.387. The third-order valence-corrected chi connectivity index (χ3v) is 3.98. The lowest BCUT2D eigenvalue weighted by atomic mass is 10.2. The Balaban J connectivity index is 0.000000152. The molecule has 0 aliphatic carbocycles. The number of nitro groups is 1. The van der Waals surface area contributed by atoms with E-state index in [0.29, 0.717) is 21.4 Å². The Kier molecular flexibility index (Phi) is 4.62. The molecule has 0 fully saturated rings. The number of aromatic nitrogens is 4. The first kappa shape index (κ1) is 17.8. The highest BCUT2D eigenvalue weighted by Crippen LogP contribution is 2.27. The maximum atomic E-state index is 13.0. The molecule has 0 amide bonds. The van der Waals surface area contributed by atoms with Gasteiger partial charge in [-0.15, -0.1) is 0 Å². The number of nitrogens with zero attached hydrogens (tertiary/aromatic N) is 3. The van der Waals surface area contributed by atoms with Gasteiger partial charge in [-0.2, -0.15) is 14.6 Å². The molecule has 8 nitrogen and oxygen atoms in total. The van der Waals surface area contributed by atoms with Crippen LogP contribution in [0.2, 0.25) is 10.3 Å². The molecule has 0 saturated heterocycles. The van der Waals surface area contributed by atoms with Crippen molar-refractivity contribution in [2.75, 3.05) is 5.73 Å². The van der Waals surface area contributed by atoms with Gasteiger partial charge in [-0.1, -0.05) is 23.2 Å². The summed E-state index contributed by atoms with van der Waals surface area (Å²) in [6.45, 7) is 0. The molecule has 134 valence electrons. The summed E-state index contributed by atoms with van der Waals surface area (Å²) in [5.74, 6) is -1.41. The second kappa shape index (κ2) is 6.73. The number of nitrogens with one attached hydrogen (secondary N) is 2. The Labute approximate surface area is 153 Å². The standard InChI is InChI=1S/C7H3ClFN3O2.C7H5ClFN3/c8-7-3-1-6(12(13)14)4(9)2-5(3)10-11-7;8-7-3-1-5(10)4(9)2-6(3)11-12-7/h1-2H,(H,10,11);1-2H,10H2,(H,11,12). The fourth-order valence-corrected chi connectivity index (χ4v) is 2.53. The van der Waals surface area contributed by atoms with Crippen molar-refractivity contribution in [1.29, 1.82) is 0 Å². The van der Waals surface area contributed by atoms with E-state index in [-0.39, 0.29) is 16.4 Å². The second-order valence-electron chi connectivity index (χ2n) is 5.04. The monoisotopic (exact) mass is 400 g/mol. The van der Waals surface area contributed by atoms with Gasteiger partial charge in [-0.3, -0.25) is 20.3 Å². The highest BCUT2D eigenvalue weighted by Gasteiger charge is 2.17. The lowest BCUT2D eigenvalue weighted by Gasteiger charge is -1.94. The zero-order valence-corrected chi connectivity index (χ0v) is 14.1. The summed E-state index contributed by atoms with van der Waals surface area (Å²) in [6, 6.07) is 4.72. The summed E-state index contributed by atoms with van der Waals surface area (Å²) < 4.78 is 25.9. The number of benzene rings is 2. The number of hydrogen-bond acceptors (Lipinski definition) is 5. The van der Waals surface area contributed by atoms with Crippen LogP contribution >= 0.6 is 23.2 Å². The van der Waals surface area contributed by atoms with E-state index in [1.807, 2.05) is 0 Å². The van der Waals surface area contributed by atoms with Crippen molar-refractivity contribution >= 4 is 56.4 Å². The van der Waals surface area contributed by atoms with Gasteiger partial charge in [0.05, 0.1) is 21.6 Å². The molecule has 4 N–H and O–H groups in total. The van der Waals surface area contributed by atoms with Crippen molar-refractivity contribution in [1.82, 2.24) is 20.4 Å². The van der Waals surface area contributed by atoms with Crippen molar-refractivity contribution in [2.45, 2.75) is 0 Å². The van der Waals surface area contributed by atoms with Crippen LogP contribution in [0.4, 0.5) is 20.2 Å². The van der Waals surface area contributed by atoms with E-state index in [4.69, 9.17) is 28.9 Å². The van der Waals surface area contributed by atoms with Crippen LogP contribution in [0.5, 0.6) is 0 Å². The first-order valence-corrected chi connectivity index (χ1v) is 7.59. The highest BCUT2D eigenvalue weighted by atomic mass is 35.5. The van der Waals surface area contributed by atoms with E-state index in [9.17, 15) is 18.9 Å². The number of fused-ring (bicyclic) bond motifs is 2. The van der Waals surface area contributed by atoms with Crippen LogP contribution in [0.3, 0.4) is 0 Å². The van der Waals surface area contributed by atoms with E-state index in [1.165, 1.54) is 12.1 Å². The Bertz CT molecular complexity index is 1140. The van der Waals surface area contributed by atoms with E-state index < -0.39 is 22.2 Å². The quantitative estimate of drug-likeness (QED) is 0.250. The molecule has 4 aromatic rings. The number of aromatic amines is 2. The van der Waals surface area contributed by atoms with Gasteiger partial charge in [-0.25, -0.2) is 4.39 Å². The molecular weight excluding hydrogens is 393 g/mol. The predicted molar refractivity (Wildman–Crippen MR) is 93.2 cm³/mol. The third-order valence-electron chi connectivity index (χ3n) is 3.40. The third kappa shape index (κ3) is 3.24. The predicted octanol–water partition coefficient (Wildman–Crippen LogP) is 4.20. The van der Waals surface area contributed by atoms with Gasteiger partial charge >= 0.3 is 5.69 Å². The number of nitrogen functional groups attached to an aromatic ring is 1. The summed E-state index contributed by atoms with van der Waals surface area (Å²) in [6.07, 6.45) is 0. The maximum Gasteiger partial charge on any atom is 0.305 e. The van der Waals surface area contributed by atoms with Crippen molar-refractivity contribution in [3.63, 3.8) is 0 Å². The van der Waals surface area contributed by atoms with Crippen LogP contribution < -0.4 is 5.73 Å². The van der Waals surface area contributed by atoms with Crippen LogP contribution in [0.1, 0.15) is 0 Å². The fraction of sp³-hybridized carbons (Fsp3) is 0. The Hall–Kier alpha value is -2.98. The van der Waals surface area contributed by atoms with E-state index in [0.717, 1.165) is 12.1 Å². The molecule has 0 atom stereocenters. The minimum atomic E-state index is -0.925. The molecule has 0 radical (unpaired) electrons. The average molecular weight is 401 g/mol. The van der Waals surface area contributed by atoms with E-state index in [2.05, 4.69) is 20.4 Å². The van der Waals surface area contributed by atoms with Crippen molar-refractivity contribution in [2.24, 2.45) is 0 Å². The van der Waals surface area contributed by atoms with Crippen LogP contribution in [-0.2, 0) is 0 Å². The van der Waals surface area contributed by atoms with Gasteiger partial charge < -0.3 is 5.73 Å². The zero-order chi connectivity index (χ0) is 19.0. The van der Waals surface area contributed by atoms with E-state index in [1.54, 1.807) is 0 Å². The summed E-state index contributed by atoms with van der Waals surface area (Å²) in [4.78, 5) is 9.58. The number of rotatable bonds is 1. The van der Waals surface area contributed by atoms with Gasteiger partial charge in [0, 0.05) is 29.0 Å². The minimum absolute atomic E-state index is 0.0748. The molecule has 0 unspecified atom stereocenters. The maximum absolute atomic E-state index is 13.0. The molecule has 26 heavy (non-hydrogen) atoms. The molecule has 0 saturated carbocycles. The molecule has 0 spiro atoms. The largest absolute Gasteiger partial charge is 0.396 e. The zero-order valence-electron chi connectivity index (χ0n) is 12.6. The topological polar surface area (TPSA) is 127 Å². The Morgan fingerprint density at radius 2 is 1.46 bits per heavy atom. The molecule has 2 aromatic heterocycles. The van der Waals surface area contributed by atoms with Gasteiger partial charge in [0.25, 0.3) is 0 Å². The first-order chi connectivity index (χ1) is 12.3. The molecule has 0 bridgehead atoms. The average Bonchev–Trinajstić information content (AvgIpc) is 3.11. The lowest BCUT2D eigenvalue weighted by Crippen LogP contribution is -1.91. The fourth-order valence-electron chi connectivity index (χ4n) is 2.15. The first-order valence-electron chi connectivity index (χ1n) is 6.84.